The number of rotatable bonds is 5. The van der Waals surface area contributed by atoms with Crippen LogP contribution in [0.25, 0.3) is 0 Å². The first-order valence-corrected chi connectivity index (χ1v) is 8.00. The molecular formula is C18H16N2O7. The van der Waals surface area contributed by atoms with Gasteiger partial charge in [0, 0.05) is 12.1 Å². The molecule has 1 aliphatic heterocycles. The van der Waals surface area contributed by atoms with Crippen molar-refractivity contribution in [3.05, 3.63) is 58.6 Å². The number of ether oxygens (including phenoxy) is 3. The summed E-state index contributed by atoms with van der Waals surface area (Å²) in [6.07, 6.45) is -0.937. The molecule has 27 heavy (non-hydrogen) atoms. The minimum atomic E-state index is -0.937. The lowest BCUT2D eigenvalue weighted by Crippen LogP contribution is -2.48. The van der Waals surface area contributed by atoms with E-state index in [1.807, 2.05) is 0 Å². The fourth-order valence-corrected chi connectivity index (χ4v) is 2.61. The highest BCUT2D eigenvalue weighted by Gasteiger charge is 2.34. The second-order valence-electron chi connectivity index (χ2n) is 5.64. The smallest absolute Gasteiger partial charge is 0.348 e. The maximum absolute atomic E-state index is 12.7. The summed E-state index contributed by atoms with van der Waals surface area (Å²) in [6, 6.07) is 12.2. The van der Waals surface area contributed by atoms with Crippen molar-refractivity contribution in [2.24, 2.45) is 0 Å². The number of hydrogen-bond acceptors (Lipinski definition) is 7. The van der Waals surface area contributed by atoms with Crippen molar-refractivity contribution in [3.8, 4) is 11.5 Å². The molecule has 0 bridgehead atoms. The van der Waals surface area contributed by atoms with Gasteiger partial charge in [0.05, 0.1) is 24.3 Å². The van der Waals surface area contributed by atoms with Crippen LogP contribution in [-0.4, -0.2) is 43.2 Å². The lowest BCUT2D eigenvalue weighted by atomic mass is 10.2. The molecule has 0 aromatic heterocycles. The van der Waals surface area contributed by atoms with Crippen LogP contribution in [-0.2, 0) is 14.3 Å². The van der Waals surface area contributed by atoms with Gasteiger partial charge in [0.25, 0.3) is 11.6 Å². The Hall–Kier alpha value is -3.62. The van der Waals surface area contributed by atoms with Crippen molar-refractivity contribution < 1.29 is 28.7 Å². The number of non-ortho nitro benzene ring substituents is 1. The fourth-order valence-electron chi connectivity index (χ4n) is 2.61. The molecule has 1 heterocycles. The number of nitro groups is 1. The van der Waals surface area contributed by atoms with Crippen molar-refractivity contribution >= 4 is 23.3 Å². The van der Waals surface area contributed by atoms with E-state index in [0.717, 1.165) is 0 Å². The van der Waals surface area contributed by atoms with Gasteiger partial charge in [-0.15, -0.1) is 0 Å². The highest BCUT2D eigenvalue weighted by molar-refractivity contribution is 5.97. The van der Waals surface area contributed by atoms with Crippen molar-refractivity contribution in [2.75, 3.05) is 25.2 Å². The van der Waals surface area contributed by atoms with Crippen molar-refractivity contribution in [1.82, 2.24) is 0 Å². The van der Waals surface area contributed by atoms with Gasteiger partial charge in [-0.05, 0) is 24.3 Å². The molecule has 1 aliphatic rings. The first-order valence-electron chi connectivity index (χ1n) is 8.00. The van der Waals surface area contributed by atoms with Gasteiger partial charge < -0.3 is 19.1 Å². The van der Waals surface area contributed by atoms with Gasteiger partial charge in [0.1, 0.15) is 11.5 Å². The zero-order valence-corrected chi connectivity index (χ0v) is 14.4. The molecule has 1 atom stereocenters. The highest BCUT2D eigenvalue weighted by atomic mass is 16.6. The van der Waals surface area contributed by atoms with Crippen molar-refractivity contribution in [3.63, 3.8) is 0 Å². The summed E-state index contributed by atoms with van der Waals surface area (Å²) in [5.74, 6) is -0.264. The number of nitro benzene ring substituents is 1. The first-order chi connectivity index (χ1) is 13.0. The lowest BCUT2D eigenvalue weighted by Gasteiger charge is -2.33. The number of nitrogens with zero attached hydrogens (tertiary/aromatic N) is 2. The summed E-state index contributed by atoms with van der Waals surface area (Å²) in [7, 11) is 1.25. The molecule has 1 amide bonds. The molecular weight excluding hydrogens is 356 g/mol. The van der Waals surface area contributed by atoms with Crippen LogP contribution >= 0.6 is 0 Å². The summed E-state index contributed by atoms with van der Waals surface area (Å²) in [5.41, 5.74) is 0.451. The van der Waals surface area contributed by atoms with E-state index in [1.165, 1.54) is 36.3 Å². The number of hydrogen-bond donors (Lipinski definition) is 0. The third-order valence-corrected chi connectivity index (χ3v) is 3.95. The number of carbonyl (C=O) groups is 2. The van der Waals surface area contributed by atoms with Gasteiger partial charge in [-0.25, -0.2) is 4.79 Å². The van der Waals surface area contributed by atoms with Gasteiger partial charge in [-0.3, -0.25) is 14.9 Å². The number of esters is 1. The lowest BCUT2D eigenvalue weighted by molar-refractivity contribution is -0.384. The quantitative estimate of drug-likeness (QED) is 0.448. The maximum atomic E-state index is 12.7. The Morgan fingerprint density at radius 2 is 1.93 bits per heavy atom. The number of carbonyl (C=O) groups excluding carboxylic acids is 2. The zero-order chi connectivity index (χ0) is 19.4. The molecule has 2 aromatic rings. The van der Waals surface area contributed by atoms with E-state index in [1.54, 1.807) is 24.3 Å². The Morgan fingerprint density at radius 1 is 1.22 bits per heavy atom. The third kappa shape index (κ3) is 3.97. The Bertz CT molecular complexity index is 866. The van der Waals surface area contributed by atoms with Crippen LogP contribution in [0.3, 0.4) is 0 Å². The van der Waals surface area contributed by atoms with E-state index in [0.29, 0.717) is 17.2 Å². The molecule has 0 unspecified atom stereocenters. The molecule has 9 heteroatoms. The molecule has 3 rings (SSSR count). The van der Waals surface area contributed by atoms with E-state index in [4.69, 9.17) is 14.2 Å². The molecule has 0 saturated heterocycles. The minimum Gasteiger partial charge on any atom is -0.484 e. The fraction of sp³-hybridized carbons (Fsp3) is 0.222. The summed E-state index contributed by atoms with van der Waals surface area (Å²) >= 11 is 0. The summed E-state index contributed by atoms with van der Waals surface area (Å²) in [5, 5.41) is 10.7. The van der Waals surface area contributed by atoms with Crippen LogP contribution in [0, 0.1) is 10.1 Å². The topological polar surface area (TPSA) is 108 Å². The van der Waals surface area contributed by atoms with Crippen LogP contribution in [0.1, 0.15) is 0 Å². The first kappa shape index (κ1) is 18.2. The molecule has 0 fully saturated rings. The maximum Gasteiger partial charge on any atom is 0.348 e. The van der Waals surface area contributed by atoms with E-state index in [-0.39, 0.29) is 18.8 Å². The van der Waals surface area contributed by atoms with Crippen LogP contribution in [0.2, 0.25) is 0 Å². The molecule has 0 radical (unpaired) electrons. The second kappa shape index (κ2) is 7.73. The van der Waals surface area contributed by atoms with Gasteiger partial charge in [0.2, 0.25) is 6.10 Å². The summed E-state index contributed by atoms with van der Waals surface area (Å²) in [6.45, 7) is -0.313. The average Bonchev–Trinajstić information content (AvgIpc) is 2.70. The third-order valence-electron chi connectivity index (χ3n) is 3.95. The van der Waals surface area contributed by atoms with E-state index < -0.39 is 22.9 Å². The molecule has 140 valence electrons. The van der Waals surface area contributed by atoms with Crippen LogP contribution < -0.4 is 14.4 Å². The molecule has 0 spiro atoms. The number of anilines is 1. The molecule has 0 saturated carbocycles. The second-order valence-corrected chi connectivity index (χ2v) is 5.64. The largest absolute Gasteiger partial charge is 0.484 e. The minimum absolute atomic E-state index is 0.00780. The van der Waals surface area contributed by atoms with E-state index >= 15 is 0 Å². The van der Waals surface area contributed by atoms with E-state index in [9.17, 15) is 19.7 Å². The van der Waals surface area contributed by atoms with Gasteiger partial charge in [-0.2, -0.15) is 0 Å². The SMILES string of the molecule is COC(=O)[C@H]1CN(C(=O)COc2ccc([N+](=O)[O-])cc2)c2ccccc2O1. The van der Waals surface area contributed by atoms with Crippen LogP contribution in [0.15, 0.2) is 48.5 Å². The Kier molecular flexibility index (Phi) is 5.20. The molecule has 2 aromatic carbocycles. The number of amides is 1. The zero-order valence-electron chi connectivity index (χ0n) is 14.4. The Labute approximate surface area is 154 Å². The normalized spacial score (nSPS) is 15.3. The van der Waals surface area contributed by atoms with Crippen molar-refractivity contribution in [2.45, 2.75) is 6.10 Å². The number of benzene rings is 2. The predicted octanol–water partition coefficient (Wildman–Crippen LogP) is 1.94. The van der Waals surface area contributed by atoms with Gasteiger partial charge in [0.15, 0.2) is 6.61 Å². The highest BCUT2D eigenvalue weighted by Crippen LogP contribution is 2.33. The molecule has 0 N–H and O–H groups in total. The summed E-state index contributed by atoms with van der Waals surface area (Å²) < 4.78 is 15.7. The molecule has 0 aliphatic carbocycles. The number of fused-ring (bicyclic) bond motifs is 1. The van der Waals surface area contributed by atoms with Crippen LogP contribution in [0.5, 0.6) is 11.5 Å². The van der Waals surface area contributed by atoms with E-state index in [2.05, 4.69) is 0 Å². The summed E-state index contributed by atoms with van der Waals surface area (Å²) in [4.78, 5) is 36.0. The standard InChI is InChI=1S/C18H16N2O7/c1-25-18(22)16-10-19(14-4-2-3-5-15(14)27-16)17(21)11-26-13-8-6-12(7-9-13)20(23)24/h2-9,16H,10-11H2,1H3/t16-/m1/s1. The monoisotopic (exact) mass is 372 g/mol. The molecule has 9 nitrogen and oxygen atoms in total. The van der Waals surface area contributed by atoms with Crippen LogP contribution in [0.4, 0.5) is 11.4 Å². The van der Waals surface area contributed by atoms with Crippen molar-refractivity contribution in [1.29, 1.82) is 0 Å². The predicted molar refractivity (Wildman–Crippen MR) is 93.8 cm³/mol. The number of para-hydroxylation sites is 2. The Balaban J connectivity index is 1.72. The van der Waals surface area contributed by atoms with Gasteiger partial charge in [-0.1, -0.05) is 12.1 Å². The van der Waals surface area contributed by atoms with Gasteiger partial charge >= 0.3 is 5.97 Å². The average molecular weight is 372 g/mol. The Morgan fingerprint density at radius 3 is 2.59 bits per heavy atom. The number of methoxy groups -OCH3 is 1.